The minimum atomic E-state index is 0. The Morgan fingerprint density at radius 2 is 1.86 bits per heavy atom. The van der Waals surface area contributed by atoms with Crippen LogP contribution in [0.1, 0.15) is 29.3 Å². The number of guanidine groups is 1. The molecule has 0 atom stereocenters. The number of aliphatic imine (C=N–C) groups is 1. The highest BCUT2D eigenvalue weighted by Crippen LogP contribution is 2.13. The second-order valence-corrected chi connectivity index (χ2v) is 5.21. The van der Waals surface area contributed by atoms with E-state index >= 15 is 0 Å². The van der Waals surface area contributed by atoms with Gasteiger partial charge in [0.15, 0.2) is 5.96 Å². The van der Waals surface area contributed by atoms with Gasteiger partial charge in [0.1, 0.15) is 0 Å². The third-order valence-electron chi connectivity index (χ3n) is 3.19. The molecule has 0 aliphatic rings. The Hall–Kier alpha value is -1.63. The molecule has 0 bridgehead atoms. The van der Waals surface area contributed by atoms with Crippen LogP contribution in [0.3, 0.4) is 0 Å². The second-order valence-electron chi connectivity index (χ2n) is 5.21. The second kappa shape index (κ2) is 8.73. The Morgan fingerprint density at radius 3 is 2.50 bits per heavy atom. The maximum absolute atomic E-state index is 5.94. The zero-order valence-electron chi connectivity index (χ0n) is 13.3. The van der Waals surface area contributed by atoms with Crippen LogP contribution in [-0.4, -0.2) is 10.9 Å². The van der Waals surface area contributed by atoms with Crippen LogP contribution in [0.4, 0.5) is 5.69 Å². The Kier molecular flexibility index (Phi) is 7.31. The van der Waals surface area contributed by atoms with Crippen molar-refractivity contribution in [3.8, 4) is 0 Å². The predicted molar refractivity (Wildman–Crippen MR) is 104 cm³/mol. The number of rotatable bonds is 4. The lowest BCUT2D eigenvalue weighted by molar-refractivity contribution is 0.967. The third kappa shape index (κ3) is 5.63. The number of aromatic nitrogens is 1. The van der Waals surface area contributed by atoms with Crippen LogP contribution in [0.15, 0.2) is 41.5 Å². The average Bonchev–Trinajstić information content (AvgIpc) is 2.44. The first-order chi connectivity index (χ1) is 10.1. The fraction of sp³-hybridized carbons (Fsp3) is 0.294. The number of benzene rings is 1. The largest absolute Gasteiger partial charge is 0.370 e. The van der Waals surface area contributed by atoms with E-state index in [1.807, 2.05) is 24.4 Å². The van der Waals surface area contributed by atoms with Crippen LogP contribution in [0.2, 0.25) is 0 Å². The topological polar surface area (TPSA) is 63.3 Å². The van der Waals surface area contributed by atoms with Gasteiger partial charge >= 0.3 is 0 Å². The number of hydrogen-bond acceptors (Lipinski definition) is 2. The summed E-state index contributed by atoms with van der Waals surface area (Å²) in [5, 5.41) is 3.12. The Bertz CT molecular complexity index is 633. The predicted octanol–water partition coefficient (Wildman–Crippen LogP) is 3.81. The molecule has 1 aromatic heterocycles. The van der Waals surface area contributed by atoms with Gasteiger partial charge < -0.3 is 11.1 Å². The number of nitrogens with zero attached hydrogens (tertiary/aromatic N) is 2. The molecule has 2 aromatic rings. The molecule has 1 heterocycles. The number of pyridine rings is 1. The van der Waals surface area contributed by atoms with Crippen molar-refractivity contribution in [2.24, 2.45) is 10.7 Å². The molecule has 2 rings (SSSR count). The van der Waals surface area contributed by atoms with E-state index in [-0.39, 0.29) is 24.0 Å². The summed E-state index contributed by atoms with van der Waals surface area (Å²) in [5.74, 6) is 0.406. The van der Waals surface area contributed by atoms with Crippen molar-refractivity contribution in [1.82, 2.24) is 4.98 Å². The van der Waals surface area contributed by atoms with Crippen LogP contribution < -0.4 is 11.1 Å². The molecule has 0 unspecified atom stereocenters. The standard InChI is InChI=1S/C17H22N4.HI/c1-4-14-5-6-19-16(10-14)11-20-17(18)21-15-8-12(2)7-13(3)9-15;/h5-10H,4,11H2,1-3H3,(H3,18,20,21);1H. The molecule has 118 valence electrons. The van der Waals surface area contributed by atoms with Crippen molar-refractivity contribution in [2.75, 3.05) is 5.32 Å². The monoisotopic (exact) mass is 410 g/mol. The van der Waals surface area contributed by atoms with Crippen LogP contribution in [0.5, 0.6) is 0 Å². The lowest BCUT2D eigenvalue weighted by atomic mass is 10.1. The van der Waals surface area contributed by atoms with Crippen molar-refractivity contribution >= 4 is 35.6 Å². The van der Waals surface area contributed by atoms with E-state index < -0.39 is 0 Å². The maximum Gasteiger partial charge on any atom is 0.193 e. The number of halogens is 1. The van der Waals surface area contributed by atoms with Gasteiger partial charge in [0.05, 0.1) is 12.2 Å². The van der Waals surface area contributed by atoms with Gasteiger partial charge in [-0.15, -0.1) is 24.0 Å². The molecule has 0 aliphatic heterocycles. The smallest absolute Gasteiger partial charge is 0.193 e. The minimum absolute atomic E-state index is 0. The van der Waals surface area contributed by atoms with Gasteiger partial charge in [-0.2, -0.15) is 0 Å². The van der Waals surface area contributed by atoms with Gasteiger partial charge in [-0.1, -0.05) is 13.0 Å². The highest BCUT2D eigenvalue weighted by molar-refractivity contribution is 14.0. The van der Waals surface area contributed by atoms with E-state index in [9.17, 15) is 0 Å². The van der Waals surface area contributed by atoms with Crippen LogP contribution in [-0.2, 0) is 13.0 Å². The van der Waals surface area contributed by atoms with Gasteiger partial charge in [-0.25, -0.2) is 4.99 Å². The number of nitrogens with one attached hydrogen (secondary N) is 1. The molecule has 3 N–H and O–H groups in total. The fourth-order valence-corrected chi connectivity index (χ4v) is 2.23. The molecule has 0 aliphatic carbocycles. The number of nitrogens with two attached hydrogens (primary N) is 1. The molecule has 22 heavy (non-hydrogen) atoms. The molecule has 0 saturated carbocycles. The molecule has 0 radical (unpaired) electrons. The van der Waals surface area contributed by atoms with Gasteiger partial charge in [-0.05, 0) is 61.2 Å². The molecule has 0 spiro atoms. The Morgan fingerprint density at radius 1 is 1.18 bits per heavy atom. The molecule has 4 nitrogen and oxygen atoms in total. The average molecular weight is 410 g/mol. The summed E-state index contributed by atoms with van der Waals surface area (Å²) >= 11 is 0. The van der Waals surface area contributed by atoms with E-state index in [2.05, 4.69) is 48.2 Å². The fourth-order valence-electron chi connectivity index (χ4n) is 2.23. The molecular formula is C17H23IN4. The van der Waals surface area contributed by atoms with E-state index in [0.717, 1.165) is 17.8 Å². The van der Waals surface area contributed by atoms with Gasteiger partial charge in [0, 0.05) is 11.9 Å². The molecule has 0 fully saturated rings. The summed E-state index contributed by atoms with van der Waals surface area (Å²) in [6, 6.07) is 10.3. The lowest BCUT2D eigenvalue weighted by Gasteiger charge is -2.08. The number of hydrogen-bond donors (Lipinski definition) is 2. The number of aryl methyl sites for hydroxylation is 3. The number of anilines is 1. The van der Waals surface area contributed by atoms with E-state index in [1.54, 1.807) is 0 Å². The Labute approximate surface area is 149 Å². The SMILES string of the molecule is CCc1ccnc(CN=C(N)Nc2cc(C)cc(C)c2)c1.I. The van der Waals surface area contributed by atoms with E-state index in [0.29, 0.717) is 12.5 Å². The molecule has 0 saturated heterocycles. The summed E-state index contributed by atoms with van der Waals surface area (Å²) in [7, 11) is 0. The maximum atomic E-state index is 5.94. The molecule has 5 heteroatoms. The first kappa shape index (κ1) is 18.4. The summed E-state index contributed by atoms with van der Waals surface area (Å²) in [6.07, 6.45) is 2.81. The van der Waals surface area contributed by atoms with Crippen LogP contribution in [0, 0.1) is 13.8 Å². The highest BCUT2D eigenvalue weighted by atomic mass is 127. The van der Waals surface area contributed by atoms with Crippen molar-refractivity contribution < 1.29 is 0 Å². The zero-order valence-corrected chi connectivity index (χ0v) is 15.6. The lowest BCUT2D eigenvalue weighted by Crippen LogP contribution is -2.22. The molecular weight excluding hydrogens is 387 g/mol. The molecule has 1 aromatic carbocycles. The van der Waals surface area contributed by atoms with Crippen LogP contribution >= 0.6 is 24.0 Å². The minimum Gasteiger partial charge on any atom is -0.370 e. The summed E-state index contributed by atoms with van der Waals surface area (Å²) in [6.45, 7) is 6.73. The molecule has 0 amide bonds. The first-order valence-corrected chi connectivity index (χ1v) is 7.16. The summed E-state index contributed by atoms with van der Waals surface area (Å²) in [4.78, 5) is 8.65. The van der Waals surface area contributed by atoms with Gasteiger partial charge in [0.25, 0.3) is 0 Å². The summed E-state index contributed by atoms with van der Waals surface area (Å²) < 4.78 is 0. The van der Waals surface area contributed by atoms with Crippen molar-refractivity contribution in [3.63, 3.8) is 0 Å². The summed E-state index contributed by atoms with van der Waals surface area (Å²) in [5.41, 5.74) is 11.5. The van der Waals surface area contributed by atoms with Crippen molar-refractivity contribution in [2.45, 2.75) is 33.7 Å². The van der Waals surface area contributed by atoms with Crippen molar-refractivity contribution in [3.05, 3.63) is 58.9 Å². The first-order valence-electron chi connectivity index (χ1n) is 7.16. The van der Waals surface area contributed by atoms with E-state index in [1.165, 1.54) is 16.7 Å². The van der Waals surface area contributed by atoms with Gasteiger partial charge in [0.2, 0.25) is 0 Å². The van der Waals surface area contributed by atoms with E-state index in [4.69, 9.17) is 5.73 Å². The highest BCUT2D eigenvalue weighted by Gasteiger charge is 1.99. The third-order valence-corrected chi connectivity index (χ3v) is 3.19. The Balaban J connectivity index is 0.00000242. The zero-order chi connectivity index (χ0) is 15.2. The normalized spacial score (nSPS) is 11.0. The van der Waals surface area contributed by atoms with Gasteiger partial charge in [-0.3, -0.25) is 4.98 Å². The quantitative estimate of drug-likeness (QED) is 0.458. The van der Waals surface area contributed by atoms with Crippen LogP contribution in [0.25, 0.3) is 0 Å². The van der Waals surface area contributed by atoms with Crippen molar-refractivity contribution in [1.29, 1.82) is 0 Å².